The molecule has 6 heteroatoms. The fourth-order valence-corrected chi connectivity index (χ4v) is 3.29. The van der Waals surface area contributed by atoms with Gasteiger partial charge in [0.1, 0.15) is 0 Å². The maximum Gasteiger partial charge on any atom is 0.265 e. The molecule has 0 unspecified atom stereocenters. The molecule has 0 radical (unpaired) electrons. The molecule has 4 nitrogen and oxygen atoms in total. The zero-order chi connectivity index (χ0) is 18.7. The second kappa shape index (κ2) is 7.72. The first kappa shape index (κ1) is 18.2. The van der Waals surface area contributed by atoms with E-state index in [0.29, 0.717) is 21.2 Å². The number of hydrogen-bond acceptors (Lipinski definition) is 3. The van der Waals surface area contributed by atoms with Gasteiger partial charge in [0.05, 0.1) is 15.6 Å². The molecule has 0 saturated heterocycles. The molecule has 0 fully saturated rings. The van der Waals surface area contributed by atoms with Crippen LogP contribution in [-0.2, 0) is 0 Å². The molecule has 0 atom stereocenters. The molecule has 3 aromatic rings. The predicted octanol–water partition coefficient (Wildman–Crippen LogP) is 5.52. The lowest BCUT2D eigenvalue weighted by Gasteiger charge is -2.11. The largest absolute Gasteiger partial charge is 0.322 e. The Morgan fingerprint density at radius 3 is 2.38 bits per heavy atom. The monoisotopic (exact) mass is 384 g/mol. The molecule has 26 heavy (non-hydrogen) atoms. The van der Waals surface area contributed by atoms with Crippen molar-refractivity contribution in [2.24, 2.45) is 0 Å². The first-order valence-electron chi connectivity index (χ1n) is 7.97. The summed E-state index contributed by atoms with van der Waals surface area (Å²) in [6.07, 6.45) is 0. The highest BCUT2D eigenvalue weighted by Gasteiger charge is 2.13. The van der Waals surface area contributed by atoms with Crippen molar-refractivity contribution in [3.63, 3.8) is 0 Å². The van der Waals surface area contributed by atoms with Gasteiger partial charge in [-0.1, -0.05) is 35.4 Å². The number of nitrogens with one attached hydrogen (secondary N) is 2. The number of hydrogen-bond donors (Lipinski definition) is 2. The molecule has 0 bridgehead atoms. The average Bonchev–Trinajstić information content (AvgIpc) is 3.14. The summed E-state index contributed by atoms with van der Waals surface area (Å²) in [7, 11) is 0. The van der Waals surface area contributed by atoms with Crippen LogP contribution in [-0.4, -0.2) is 11.8 Å². The lowest BCUT2D eigenvalue weighted by molar-refractivity contribution is 0.101. The number of carbonyl (C=O) groups is 2. The Balaban J connectivity index is 1.80. The summed E-state index contributed by atoms with van der Waals surface area (Å²) in [6, 6.07) is 14.1. The topological polar surface area (TPSA) is 58.2 Å². The lowest BCUT2D eigenvalue weighted by Crippen LogP contribution is -2.15. The van der Waals surface area contributed by atoms with Crippen molar-refractivity contribution in [2.45, 2.75) is 13.8 Å². The lowest BCUT2D eigenvalue weighted by atomic mass is 10.1. The van der Waals surface area contributed by atoms with E-state index < -0.39 is 0 Å². The van der Waals surface area contributed by atoms with Gasteiger partial charge in [-0.15, -0.1) is 11.3 Å². The number of amides is 2. The molecule has 0 aliphatic rings. The summed E-state index contributed by atoms with van der Waals surface area (Å²) in [6.45, 7) is 3.94. The number of halogens is 1. The molecule has 2 aromatic carbocycles. The van der Waals surface area contributed by atoms with Crippen molar-refractivity contribution in [3.8, 4) is 0 Å². The highest BCUT2D eigenvalue weighted by molar-refractivity contribution is 7.12. The van der Waals surface area contributed by atoms with Crippen molar-refractivity contribution < 1.29 is 9.59 Å². The number of carbonyl (C=O) groups excluding carboxylic acids is 2. The van der Waals surface area contributed by atoms with Crippen molar-refractivity contribution in [2.75, 3.05) is 10.6 Å². The van der Waals surface area contributed by atoms with Gasteiger partial charge in [-0.05, 0) is 55.1 Å². The second-order valence-electron chi connectivity index (χ2n) is 5.90. The zero-order valence-electron chi connectivity index (χ0n) is 14.3. The van der Waals surface area contributed by atoms with E-state index in [1.165, 1.54) is 11.3 Å². The Morgan fingerprint density at radius 1 is 0.923 bits per heavy atom. The minimum atomic E-state index is -0.264. The third kappa shape index (κ3) is 4.12. The molecular weight excluding hydrogens is 368 g/mol. The highest BCUT2D eigenvalue weighted by Crippen LogP contribution is 2.25. The Kier molecular flexibility index (Phi) is 5.40. The summed E-state index contributed by atoms with van der Waals surface area (Å²) in [5.74, 6) is -0.519. The molecular formula is C20H17ClN2O2S. The number of aryl methyl sites for hydroxylation is 2. The Morgan fingerprint density at radius 2 is 1.69 bits per heavy atom. The van der Waals surface area contributed by atoms with E-state index in [4.69, 9.17) is 11.6 Å². The number of thiophene rings is 1. The first-order valence-corrected chi connectivity index (χ1v) is 9.23. The zero-order valence-corrected chi connectivity index (χ0v) is 15.9. The van der Waals surface area contributed by atoms with Crippen LogP contribution in [0.3, 0.4) is 0 Å². The van der Waals surface area contributed by atoms with E-state index in [0.717, 1.165) is 16.8 Å². The molecule has 0 aliphatic carbocycles. The van der Waals surface area contributed by atoms with Crippen LogP contribution < -0.4 is 10.6 Å². The van der Waals surface area contributed by atoms with Gasteiger partial charge < -0.3 is 10.6 Å². The van der Waals surface area contributed by atoms with Gasteiger partial charge in [0.15, 0.2) is 0 Å². The molecule has 2 amide bonds. The molecule has 0 spiro atoms. The molecule has 0 aliphatic heterocycles. The van der Waals surface area contributed by atoms with E-state index in [1.807, 2.05) is 37.4 Å². The molecule has 2 N–H and O–H groups in total. The van der Waals surface area contributed by atoms with Crippen LogP contribution >= 0.6 is 22.9 Å². The van der Waals surface area contributed by atoms with Gasteiger partial charge in [0, 0.05) is 11.3 Å². The highest BCUT2D eigenvalue weighted by atomic mass is 35.5. The van der Waals surface area contributed by atoms with E-state index >= 15 is 0 Å². The van der Waals surface area contributed by atoms with Crippen LogP contribution in [0.1, 0.15) is 31.2 Å². The van der Waals surface area contributed by atoms with E-state index in [1.54, 1.807) is 30.3 Å². The van der Waals surface area contributed by atoms with E-state index in [2.05, 4.69) is 10.6 Å². The molecule has 1 heterocycles. The Hall–Kier alpha value is -2.63. The van der Waals surface area contributed by atoms with Crippen LogP contribution in [0.5, 0.6) is 0 Å². The molecule has 3 rings (SSSR count). The van der Waals surface area contributed by atoms with Gasteiger partial charge in [-0.3, -0.25) is 9.59 Å². The third-order valence-corrected chi connectivity index (χ3v) is 5.05. The fraction of sp³-hybridized carbons (Fsp3) is 0.100. The summed E-state index contributed by atoms with van der Waals surface area (Å²) < 4.78 is 0. The normalized spacial score (nSPS) is 10.4. The third-order valence-electron chi connectivity index (χ3n) is 3.85. The quantitative estimate of drug-likeness (QED) is 0.621. The van der Waals surface area contributed by atoms with Crippen molar-refractivity contribution >= 4 is 46.1 Å². The van der Waals surface area contributed by atoms with Crippen molar-refractivity contribution in [3.05, 3.63) is 80.5 Å². The number of rotatable bonds is 4. The van der Waals surface area contributed by atoms with Gasteiger partial charge in [0.25, 0.3) is 11.8 Å². The number of benzene rings is 2. The maximum atomic E-state index is 12.6. The van der Waals surface area contributed by atoms with Gasteiger partial charge >= 0.3 is 0 Å². The smallest absolute Gasteiger partial charge is 0.265 e. The summed E-state index contributed by atoms with van der Waals surface area (Å²) in [4.78, 5) is 25.4. The van der Waals surface area contributed by atoms with Crippen LogP contribution in [0.25, 0.3) is 0 Å². The van der Waals surface area contributed by atoms with Crippen LogP contribution in [0.4, 0.5) is 11.4 Å². The van der Waals surface area contributed by atoms with Gasteiger partial charge in [-0.2, -0.15) is 0 Å². The molecule has 0 saturated carbocycles. The standard InChI is InChI=1S/C20H17ClN2O2S/c1-12-5-8-16(13(2)10-12)22-19(24)14-6-7-15(21)17(11-14)23-20(25)18-4-3-9-26-18/h3-11H,1-2H3,(H,22,24)(H,23,25). The van der Waals surface area contributed by atoms with Crippen molar-refractivity contribution in [1.82, 2.24) is 0 Å². The van der Waals surface area contributed by atoms with E-state index in [9.17, 15) is 9.59 Å². The maximum absolute atomic E-state index is 12.6. The molecule has 1 aromatic heterocycles. The summed E-state index contributed by atoms with van der Waals surface area (Å²) >= 11 is 7.50. The average molecular weight is 385 g/mol. The number of anilines is 2. The van der Waals surface area contributed by atoms with Gasteiger partial charge in [0.2, 0.25) is 0 Å². The minimum Gasteiger partial charge on any atom is -0.322 e. The minimum absolute atomic E-state index is 0.256. The second-order valence-corrected chi connectivity index (χ2v) is 7.25. The first-order chi connectivity index (χ1) is 12.4. The van der Waals surface area contributed by atoms with Crippen molar-refractivity contribution in [1.29, 1.82) is 0 Å². The molecule has 132 valence electrons. The van der Waals surface area contributed by atoms with Gasteiger partial charge in [-0.25, -0.2) is 0 Å². The summed E-state index contributed by atoms with van der Waals surface area (Å²) in [5.41, 5.74) is 3.68. The van der Waals surface area contributed by atoms with Crippen LogP contribution in [0, 0.1) is 13.8 Å². The summed E-state index contributed by atoms with van der Waals surface area (Å²) in [5, 5.41) is 7.84. The Labute approximate surface area is 160 Å². The fourth-order valence-electron chi connectivity index (χ4n) is 2.50. The van der Waals surface area contributed by atoms with E-state index in [-0.39, 0.29) is 11.8 Å². The Bertz CT molecular complexity index is 968. The van der Waals surface area contributed by atoms with Crippen LogP contribution in [0.15, 0.2) is 53.9 Å². The predicted molar refractivity (Wildman–Crippen MR) is 108 cm³/mol. The SMILES string of the molecule is Cc1ccc(NC(=O)c2ccc(Cl)c(NC(=O)c3cccs3)c2)c(C)c1. The van der Waals surface area contributed by atoms with Crippen LogP contribution in [0.2, 0.25) is 5.02 Å².